The minimum absolute atomic E-state index is 0.304. The molecule has 4 heterocycles. The van der Waals surface area contributed by atoms with Crippen LogP contribution < -0.4 is 0 Å². The highest BCUT2D eigenvalue weighted by Gasteiger charge is 2.26. The van der Waals surface area contributed by atoms with Crippen molar-refractivity contribution in [1.82, 2.24) is 24.7 Å². The van der Waals surface area contributed by atoms with Crippen molar-refractivity contribution in [1.29, 1.82) is 0 Å². The third-order valence-electron chi connectivity index (χ3n) is 4.57. The smallest absolute Gasteiger partial charge is 0.198 e. The summed E-state index contributed by atoms with van der Waals surface area (Å²) >= 11 is 0. The van der Waals surface area contributed by atoms with Crippen molar-refractivity contribution >= 4 is 16.7 Å². The summed E-state index contributed by atoms with van der Waals surface area (Å²) in [6.45, 7) is 0. The first kappa shape index (κ1) is 15.7. The second-order valence-electron chi connectivity index (χ2n) is 6.44. The lowest BCUT2D eigenvalue weighted by Crippen LogP contribution is -2.03. The fourth-order valence-corrected chi connectivity index (χ4v) is 3.21. The molecule has 0 bridgehead atoms. The zero-order valence-corrected chi connectivity index (χ0v) is 14.4. The third kappa shape index (κ3) is 2.75. The molecule has 1 aliphatic heterocycles. The standard InChI is InChI=1S/C19H14FN7/c1-27-10-13(8-23-27)17-9-22-19-18(24-17)16(25-26-19)6-12-5-11-3-2-4-21-15(11)7-14(12)20/h2-5,7-10,16H,6H2,1H3. The van der Waals surface area contributed by atoms with E-state index in [1.165, 1.54) is 6.07 Å². The van der Waals surface area contributed by atoms with Crippen molar-refractivity contribution in [3.05, 3.63) is 66.1 Å². The van der Waals surface area contributed by atoms with Gasteiger partial charge in [0.25, 0.3) is 0 Å². The summed E-state index contributed by atoms with van der Waals surface area (Å²) in [5.74, 6) is 0.178. The number of hydrogen-bond donors (Lipinski definition) is 0. The van der Waals surface area contributed by atoms with E-state index in [2.05, 4.69) is 30.3 Å². The monoisotopic (exact) mass is 359 g/mol. The van der Waals surface area contributed by atoms with Gasteiger partial charge in [0, 0.05) is 42.9 Å². The summed E-state index contributed by atoms with van der Waals surface area (Å²) in [5.41, 5.74) is 3.40. The van der Waals surface area contributed by atoms with Gasteiger partial charge in [0.1, 0.15) is 17.6 Å². The molecule has 0 radical (unpaired) electrons. The zero-order chi connectivity index (χ0) is 18.4. The van der Waals surface area contributed by atoms with Gasteiger partial charge < -0.3 is 0 Å². The number of rotatable bonds is 3. The number of halogens is 1. The van der Waals surface area contributed by atoms with Gasteiger partial charge in [-0.25, -0.2) is 14.4 Å². The molecule has 1 aliphatic rings. The number of aromatic nitrogens is 5. The first-order valence-corrected chi connectivity index (χ1v) is 8.47. The highest BCUT2D eigenvalue weighted by atomic mass is 19.1. The highest BCUT2D eigenvalue weighted by molar-refractivity contribution is 5.79. The number of fused-ring (bicyclic) bond motifs is 2. The summed E-state index contributed by atoms with van der Waals surface area (Å²) in [6.07, 6.45) is 7.26. The van der Waals surface area contributed by atoms with Crippen molar-refractivity contribution < 1.29 is 4.39 Å². The molecule has 0 saturated heterocycles. The van der Waals surface area contributed by atoms with Crippen LogP contribution in [0.4, 0.5) is 10.2 Å². The van der Waals surface area contributed by atoms with Gasteiger partial charge in [-0.3, -0.25) is 9.67 Å². The first-order valence-electron chi connectivity index (χ1n) is 8.47. The van der Waals surface area contributed by atoms with Gasteiger partial charge >= 0.3 is 0 Å². The average Bonchev–Trinajstić information content (AvgIpc) is 3.28. The van der Waals surface area contributed by atoms with Gasteiger partial charge in [0.15, 0.2) is 5.82 Å². The maximum atomic E-state index is 14.5. The Morgan fingerprint density at radius 3 is 2.96 bits per heavy atom. The van der Waals surface area contributed by atoms with Crippen LogP contribution in [0.5, 0.6) is 0 Å². The lowest BCUT2D eigenvalue weighted by atomic mass is 10.0. The van der Waals surface area contributed by atoms with E-state index in [4.69, 9.17) is 0 Å². The number of azo groups is 1. The van der Waals surface area contributed by atoms with Crippen LogP contribution >= 0.6 is 0 Å². The van der Waals surface area contributed by atoms with E-state index in [1.54, 1.807) is 23.3 Å². The number of aryl methyl sites for hydroxylation is 1. The Morgan fingerprint density at radius 1 is 1.19 bits per heavy atom. The van der Waals surface area contributed by atoms with Gasteiger partial charge in [0.2, 0.25) is 0 Å². The normalized spacial score (nSPS) is 15.4. The molecular formula is C19H14FN7. The Kier molecular flexibility index (Phi) is 3.49. The Labute approximate surface area is 153 Å². The van der Waals surface area contributed by atoms with Crippen molar-refractivity contribution in [2.75, 3.05) is 0 Å². The Balaban J connectivity index is 1.50. The van der Waals surface area contributed by atoms with E-state index in [1.807, 2.05) is 31.4 Å². The fraction of sp³-hybridized carbons (Fsp3) is 0.158. The Morgan fingerprint density at radius 2 is 2.11 bits per heavy atom. The molecule has 0 amide bonds. The van der Waals surface area contributed by atoms with Crippen molar-refractivity contribution in [2.45, 2.75) is 12.5 Å². The molecule has 4 aromatic rings. The second-order valence-corrected chi connectivity index (χ2v) is 6.44. The molecule has 0 saturated carbocycles. The second kappa shape index (κ2) is 6.01. The lowest BCUT2D eigenvalue weighted by Gasteiger charge is -2.10. The van der Waals surface area contributed by atoms with Gasteiger partial charge in [-0.1, -0.05) is 6.07 Å². The Bertz CT molecular complexity index is 1200. The van der Waals surface area contributed by atoms with Gasteiger partial charge in [-0.2, -0.15) is 10.2 Å². The van der Waals surface area contributed by atoms with Crippen LogP contribution in [-0.2, 0) is 13.5 Å². The molecule has 3 aromatic heterocycles. The average molecular weight is 359 g/mol. The largest absolute Gasteiger partial charge is 0.275 e. The zero-order valence-electron chi connectivity index (χ0n) is 14.4. The fourth-order valence-electron chi connectivity index (χ4n) is 3.21. The Hall–Kier alpha value is -3.55. The molecule has 0 fully saturated rings. The molecule has 0 N–H and O–H groups in total. The van der Waals surface area contributed by atoms with Crippen molar-refractivity contribution in [3.63, 3.8) is 0 Å². The van der Waals surface area contributed by atoms with Crippen LogP contribution in [0.25, 0.3) is 22.2 Å². The number of nitrogens with zero attached hydrogens (tertiary/aromatic N) is 7. The molecule has 1 unspecified atom stereocenters. The van der Waals surface area contributed by atoms with E-state index in [9.17, 15) is 4.39 Å². The van der Waals surface area contributed by atoms with E-state index in [0.717, 1.165) is 10.9 Å². The van der Waals surface area contributed by atoms with Crippen molar-refractivity contribution in [2.24, 2.45) is 17.3 Å². The SMILES string of the molecule is Cn1cc(-c2cnc3c(n2)C(Cc2cc4cccnc4cc2F)N=N3)cn1. The first-order chi connectivity index (χ1) is 13.2. The maximum absolute atomic E-state index is 14.5. The molecule has 1 aromatic carbocycles. The molecule has 8 heteroatoms. The summed E-state index contributed by atoms with van der Waals surface area (Å²) in [4.78, 5) is 13.2. The summed E-state index contributed by atoms with van der Waals surface area (Å²) in [6, 6.07) is 6.64. The van der Waals surface area contributed by atoms with Crippen LogP contribution in [0.1, 0.15) is 17.3 Å². The third-order valence-corrected chi connectivity index (χ3v) is 4.57. The molecule has 132 valence electrons. The maximum Gasteiger partial charge on any atom is 0.198 e. The molecule has 0 aliphatic carbocycles. The van der Waals surface area contributed by atoms with Crippen LogP contribution in [0.2, 0.25) is 0 Å². The molecule has 5 rings (SSSR count). The predicted octanol–water partition coefficient (Wildman–Crippen LogP) is 3.95. The quantitative estimate of drug-likeness (QED) is 0.555. The molecular weight excluding hydrogens is 345 g/mol. The van der Waals surface area contributed by atoms with Gasteiger partial charge in [0.05, 0.1) is 23.6 Å². The molecule has 1 atom stereocenters. The molecule has 7 nitrogen and oxygen atoms in total. The van der Waals surface area contributed by atoms with Crippen LogP contribution in [0, 0.1) is 5.82 Å². The number of pyridine rings is 1. The van der Waals surface area contributed by atoms with E-state index < -0.39 is 0 Å². The molecule has 0 spiro atoms. The number of benzene rings is 1. The minimum Gasteiger partial charge on any atom is -0.275 e. The van der Waals surface area contributed by atoms with E-state index in [0.29, 0.717) is 34.7 Å². The van der Waals surface area contributed by atoms with Crippen LogP contribution in [-0.4, -0.2) is 24.7 Å². The lowest BCUT2D eigenvalue weighted by molar-refractivity contribution is 0.592. The van der Waals surface area contributed by atoms with E-state index in [-0.39, 0.29) is 11.9 Å². The summed E-state index contributed by atoms with van der Waals surface area (Å²) in [5, 5.41) is 13.4. The van der Waals surface area contributed by atoms with Crippen LogP contribution in [0.3, 0.4) is 0 Å². The van der Waals surface area contributed by atoms with E-state index >= 15 is 0 Å². The minimum atomic E-state index is -0.368. The number of hydrogen-bond acceptors (Lipinski definition) is 6. The highest BCUT2D eigenvalue weighted by Crippen LogP contribution is 2.36. The van der Waals surface area contributed by atoms with Gasteiger partial charge in [-0.05, 0) is 17.7 Å². The predicted molar refractivity (Wildman–Crippen MR) is 96.9 cm³/mol. The molecule has 27 heavy (non-hydrogen) atoms. The summed E-state index contributed by atoms with van der Waals surface area (Å²) < 4.78 is 16.2. The summed E-state index contributed by atoms with van der Waals surface area (Å²) in [7, 11) is 1.84. The van der Waals surface area contributed by atoms with Gasteiger partial charge in [-0.15, -0.1) is 5.11 Å². The topological polar surface area (TPSA) is 81.2 Å². The van der Waals surface area contributed by atoms with Crippen molar-refractivity contribution in [3.8, 4) is 11.3 Å². The van der Waals surface area contributed by atoms with Crippen LogP contribution in [0.15, 0.2) is 59.3 Å².